The largest absolute Gasteiger partial charge is 0.465 e. The summed E-state index contributed by atoms with van der Waals surface area (Å²) < 4.78 is 7.53. The maximum absolute atomic E-state index is 12.2. The fraction of sp³-hybridized carbons (Fsp3) is 0.353. The number of thiazole rings is 1. The number of esters is 1. The fourth-order valence-electron chi connectivity index (χ4n) is 1.96. The van der Waals surface area contributed by atoms with Crippen molar-refractivity contribution in [2.24, 2.45) is 10.4 Å². The molecular weight excluding hydrogens is 312 g/mol. The van der Waals surface area contributed by atoms with Crippen molar-refractivity contribution in [3.63, 3.8) is 0 Å². The van der Waals surface area contributed by atoms with Crippen LogP contribution in [0.3, 0.4) is 0 Å². The van der Waals surface area contributed by atoms with E-state index in [1.54, 1.807) is 18.2 Å². The molecule has 0 unspecified atom stereocenters. The van der Waals surface area contributed by atoms with Gasteiger partial charge in [0.05, 0.1) is 22.9 Å². The summed E-state index contributed by atoms with van der Waals surface area (Å²) in [6.07, 6.45) is 1.75. The van der Waals surface area contributed by atoms with Crippen LogP contribution in [-0.4, -0.2) is 23.6 Å². The zero-order chi connectivity index (χ0) is 17.2. The second-order valence-electron chi connectivity index (χ2n) is 6.12. The van der Waals surface area contributed by atoms with E-state index in [4.69, 9.17) is 4.74 Å². The minimum atomic E-state index is -0.542. The van der Waals surface area contributed by atoms with Crippen LogP contribution < -0.4 is 4.80 Å². The van der Waals surface area contributed by atoms with Crippen LogP contribution in [0.25, 0.3) is 10.2 Å². The first-order valence-electron chi connectivity index (χ1n) is 7.19. The number of amides is 1. The molecule has 0 aliphatic rings. The van der Waals surface area contributed by atoms with Gasteiger partial charge >= 0.3 is 5.97 Å². The lowest BCUT2D eigenvalue weighted by atomic mass is 9.96. The van der Waals surface area contributed by atoms with E-state index in [0.717, 1.165) is 10.2 Å². The third-order valence-corrected chi connectivity index (χ3v) is 4.30. The maximum atomic E-state index is 12.2. The lowest BCUT2D eigenvalue weighted by molar-refractivity contribution is -0.125. The summed E-state index contributed by atoms with van der Waals surface area (Å²) >= 11 is 1.37. The van der Waals surface area contributed by atoms with Crippen molar-refractivity contribution in [2.45, 2.75) is 27.3 Å². The number of methoxy groups -OCH3 is 1. The van der Waals surface area contributed by atoms with Crippen molar-refractivity contribution in [2.75, 3.05) is 7.11 Å². The smallest absolute Gasteiger partial charge is 0.337 e. The Morgan fingerprint density at radius 2 is 2.09 bits per heavy atom. The number of rotatable bonds is 3. The number of aromatic nitrogens is 1. The van der Waals surface area contributed by atoms with Crippen molar-refractivity contribution in [1.29, 1.82) is 0 Å². The molecule has 0 atom stereocenters. The minimum absolute atomic E-state index is 0.185. The van der Waals surface area contributed by atoms with Gasteiger partial charge in [-0.25, -0.2) is 4.79 Å². The molecule has 0 saturated heterocycles. The molecule has 122 valence electrons. The molecule has 2 aromatic rings. The first-order valence-corrected chi connectivity index (χ1v) is 8.01. The van der Waals surface area contributed by atoms with Crippen molar-refractivity contribution in [1.82, 2.24) is 4.57 Å². The number of nitrogens with zero attached hydrogens (tertiary/aromatic N) is 2. The summed E-state index contributed by atoms with van der Waals surface area (Å²) in [5.41, 5.74) is 0.836. The van der Waals surface area contributed by atoms with Gasteiger partial charge in [-0.2, -0.15) is 4.99 Å². The van der Waals surface area contributed by atoms with Crippen LogP contribution in [0.5, 0.6) is 0 Å². The van der Waals surface area contributed by atoms with E-state index < -0.39 is 5.41 Å². The Bertz CT molecular complexity index is 838. The van der Waals surface area contributed by atoms with Gasteiger partial charge in [0, 0.05) is 12.0 Å². The van der Waals surface area contributed by atoms with Crippen LogP contribution in [0.15, 0.2) is 35.8 Å². The molecule has 0 aliphatic carbocycles. The summed E-state index contributed by atoms with van der Waals surface area (Å²) in [5.74, 6) is -0.574. The molecule has 5 nitrogen and oxygen atoms in total. The Labute approximate surface area is 138 Å². The molecule has 0 saturated carbocycles. The van der Waals surface area contributed by atoms with Gasteiger partial charge in [0.15, 0.2) is 4.80 Å². The Kier molecular flexibility index (Phi) is 4.85. The number of hydrogen-bond acceptors (Lipinski definition) is 4. The SMILES string of the molecule is C=CCn1c(=NC(=O)C(C)(C)C)sc2cc(C(=O)OC)ccc21. The minimum Gasteiger partial charge on any atom is -0.465 e. The lowest BCUT2D eigenvalue weighted by Gasteiger charge is -2.11. The number of benzene rings is 1. The fourth-order valence-corrected chi connectivity index (χ4v) is 3.04. The number of carbonyl (C=O) groups is 2. The van der Waals surface area contributed by atoms with Crippen LogP contribution in [0, 0.1) is 5.41 Å². The summed E-state index contributed by atoms with van der Waals surface area (Å²) in [6.45, 7) is 9.79. The molecule has 6 heteroatoms. The van der Waals surface area contributed by atoms with Crippen LogP contribution in [0.1, 0.15) is 31.1 Å². The number of carbonyl (C=O) groups excluding carboxylic acids is 2. The zero-order valence-electron chi connectivity index (χ0n) is 13.8. The third-order valence-electron chi connectivity index (χ3n) is 3.25. The van der Waals surface area contributed by atoms with Gasteiger partial charge in [-0.3, -0.25) is 4.79 Å². The second-order valence-corrected chi connectivity index (χ2v) is 7.13. The molecule has 0 bridgehead atoms. The number of ether oxygens (including phenoxy) is 1. The molecule has 1 heterocycles. The Balaban J connectivity index is 2.67. The van der Waals surface area contributed by atoms with Crippen molar-refractivity contribution >= 4 is 33.4 Å². The van der Waals surface area contributed by atoms with E-state index in [9.17, 15) is 9.59 Å². The molecule has 23 heavy (non-hydrogen) atoms. The molecule has 0 aliphatic heterocycles. The maximum Gasteiger partial charge on any atom is 0.337 e. The first-order chi connectivity index (χ1) is 10.8. The Morgan fingerprint density at radius 1 is 1.39 bits per heavy atom. The molecule has 1 aromatic heterocycles. The number of hydrogen-bond donors (Lipinski definition) is 0. The highest BCUT2D eigenvalue weighted by Gasteiger charge is 2.21. The molecule has 0 N–H and O–H groups in total. The van der Waals surface area contributed by atoms with Crippen LogP contribution >= 0.6 is 11.3 Å². The first kappa shape index (κ1) is 17.1. The van der Waals surface area contributed by atoms with Crippen molar-refractivity contribution in [3.05, 3.63) is 41.2 Å². The van der Waals surface area contributed by atoms with E-state index in [-0.39, 0.29) is 11.9 Å². The molecular formula is C17H20N2O3S. The predicted molar refractivity (Wildman–Crippen MR) is 91.4 cm³/mol. The highest BCUT2D eigenvalue weighted by Crippen LogP contribution is 2.21. The van der Waals surface area contributed by atoms with Gasteiger partial charge in [0.25, 0.3) is 5.91 Å². The topological polar surface area (TPSA) is 60.7 Å². The molecule has 0 radical (unpaired) electrons. The summed E-state index contributed by atoms with van der Waals surface area (Å²) in [5, 5.41) is 0. The van der Waals surface area contributed by atoms with E-state index in [0.29, 0.717) is 16.9 Å². The van der Waals surface area contributed by atoms with E-state index in [1.165, 1.54) is 18.4 Å². The quantitative estimate of drug-likeness (QED) is 0.641. The van der Waals surface area contributed by atoms with Crippen LogP contribution in [-0.2, 0) is 16.1 Å². The van der Waals surface area contributed by atoms with Gasteiger partial charge in [-0.15, -0.1) is 6.58 Å². The Hall–Kier alpha value is -2.21. The summed E-state index contributed by atoms with van der Waals surface area (Å²) in [6, 6.07) is 5.30. The molecule has 1 amide bonds. The number of fused-ring (bicyclic) bond motifs is 1. The van der Waals surface area contributed by atoms with Crippen molar-refractivity contribution in [3.8, 4) is 0 Å². The van der Waals surface area contributed by atoms with Gasteiger partial charge < -0.3 is 9.30 Å². The molecule has 2 rings (SSSR count). The average Bonchev–Trinajstić information content (AvgIpc) is 2.82. The van der Waals surface area contributed by atoms with Crippen LogP contribution in [0.4, 0.5) is 0 Å². The second kappa shape index (κ2) is 6.50. The zero-order valence-corrected chi connectivity index (χ0v) is 14.6. The van der Waals surface area contributed by atoms with Gasteiger partial charge in [0.2, 0.25) is 0 Å². The Morgan fingerprint density at radius 3 is 2.65 bits per heavy atom. The van der Waals surface area contributed by atoms with E-state index in [1.807, 2.05) is 31.4 Å². The van der Waals surface area contributed by atoms with E-state index >= 15 is 0 Å². The highest BCUT2D eigenvalue weighted by atomic mass is 32.1. The van der Waals surface area contributed by atoms with Gasteiger partial charge in [-0.1, -0.05) is 38.2 Å². The predicted octanol–water partition coefficient (Wildman–Crippen LogP) is 3.15. The normalized spacial score (nSPS) is 12.4. The lowest BCUT2D eigenvalue weighted by Crippen LogP contribution is -2.23. The summed E-state index contributed by atoms with van der Waals surface area (Å²) in [7, 11) is 1.35. The summed E-state index contributed by atoms with van der Waals surface area (Å²) in [4.78, 5) is 28.7. The van der Waals surface area contributed by atoms with Crippen LogP contribution in [0.2, 0.25) is 0 Å². The van der Waals surface area contributed by atoms with Gasteiger partial charge in [0.1, 0.15) is 0 Å². The molecule has 0 spiro atoms. The van der Waals surface area contributed by atoms with E-state index in [2.05, 4.69) is 11.6 Å². The van der Waals surface area contributed by atoms with Crippen molar-refractivity contribution < 1.29 is 14.3 Å². The monoisotopic (exact) mass is 332 g/mol. The molecule has 1 aromatic carbocycles. The molecule has 0 fully saturated rings. The average molecular weight is 332 g/mol. The highest BCUT2D eigenvalue weighted by molar-refractivity contribution is 7.16. The third kappa shape index (κ3) is 3.59. The number of allylic oxidation sites excluding steroid dienone is 1. The van der Waals surface area contributed by atoms with Gasteiger partial charge in [-0.05, 0) is 18.2 Å². The standard InChI is InChI=1S/C17H20N2O3S/c1-6-9-19-12-8-7-11(14(20)22-5)10-13(12)23-16(19)18-15(21)17(2,3)4/h6-8,10H,1,9H2,2-5H3.